The average Bonchev–Trinajstić information content (AvgIpc) is 2.87. The summed E-state index contributed by atoms with van der Waals surface area (Å²) in [6, 6.07) is 5.28. The first-order chi connectivity index (χ1) is 8.93. The normalized spacial score (nSPS) is 37.5. The van der Waals surface area contributed by atoms with E-state index in [1.54, 1.807) is 0 Å². The second-order valence-electron chi connectivity index (χ2n) is 7.52. The molecule has 104 valence electrons. The van der Waals surface area contributed by atoms with Crippen molar-refractivity contribution in [3.05, 3.63) is 30.1 Å². The molecule has 1 aromatic heterocycles. The molecule has 0 amide bonds. The Hall–Kier alpha value is -0.890. The molecule has 2 fully saturated rings. The highest BCUT2D eigenvalue weighted by atomic mass is 15.0. The van der Waals surface area contributed by atoms with E-state index in [1.165, 1.54) is 24.8 Å². The summed E-state index contributed by atoms with van der Waals surface area (Å²) in [7, 11) is 0. The molecule has 2 bridgehead atoms. The highest BCUT2D eigenvalue weighted by molar-refractivity contribution is 5.18. The molecule has 4 atom stereocenters. The van der Waals surface area contributed by atoms with Gasteiger partial charge in [-0.05, 0) is 60.6 Å². The molecule has 2 aliphatic carbocycles. The molecule has 2 aliphatic rings. The van der Waals surface area contributed by atoms with Crippen LogP contribution in [0.1, 0.15) is 58.6 Å². The Kier molecular flexibility index (Phi) is 2.97. The van der Waals surface area contributed by atoms with Crippen molar-refractivity contribution < 1.29 is 0 Å². The van der Waals surface area contributed by atoms with Crippen LogP contribution in [-0.4, -0.2) is 11.0 Å². The van der Waals surface area contributed by atoms with Crippen molar-refractivity contribution in [3.63, 3.8) is 0 Å². The lowest BCUT2D eigenvalue weighted by Crippen LogP contribution is -2.50. The summed E-state index contributed by atoms with van der Waals surface area (Å²) in [5.41, 5.74) is 2.26. The van der Waals surface area contributed by atoms with Crippen molar-refractivity contribution in [1.82, 2.24) is 10.3 Å². The zero-order chi connectivity index (χ0) is 13.7. The van der Waals surface area contributed by atoms with Gasteiger partial charge in [0.15, 0.2) is 0 Å². The molecule has 1 unspecified atom stereocenters. The molecule has 1 heterocycles. The van der Waals surface area contributed by atoms with Crippen molar-refractivity contribution in [2.24, 2.45) is 16.7 Å². The molecule has 0 aliphatic heterocycles. The van der Waals surface area contributed by atoms with Gasteiger partial charge in [-0.25, -0.2) is 0 Å². The first-order valence-electron chi connectivity index (χ1n) is 7.59. The summed E-state index contributed by atoms with van der Waals surface area (Å²) in [6.45, 7) is 9.68. The van der Waals surface area contributed by atoms with Gasteiger partial charge in [-0.3, -0.25) is 4.98 Å². The summed E-state index contributed by atoms with van der Waals surface area (Å²) in [5.74, 6) is 0.902. The van der Waals surface area contributed by atoms with Crippen LogP contribution in [0.4, 0.5) is 0 Å². The third-order valence-corrected chi connectivity index (χ3v) is 5.89. The van der Waals surface area contributed by atoms with Crippen LogP contribution < -0.4 is 5.32 Å². The van der Waals surface area contributed by atoms with E-state index in [4.69, 9.17) is 0 Å². The predicted molar refractivity (Wildman–Crippen MR) is 78.8 cm³/mol. The second kappa shape index (κ2) is 4.31. The minimum absolute atomic E-state index is 0.406. The average molecular weight is 258 g/mol. The highest BCUT2D eigenvalue weighted by Gasteiger charge is 2.59. The number of pyridine rings is 1. The van der Waals surface area contributed by atoms with Crippen LogP contribution in [0, 0.1) is 16.7 Å². The molecule has 1 N–H and O–H groups in total. The van der Waals surface area contributed by atoms with Gasteiger partial charge < -0.3 is 5.32 Å². The monoisotopic (exact) mass is 258 g/mol. The van der Waals surface area contributed by atoms with Gasteiger partial charge in [0.05, 0.1) is 0 Å². The number of hydrogen-bond donors (Lipinski definition) is 1. The van der Waals surface area contributed by atoms with Gasteiger partial charge in [-0.2, -0.15) is 0 Å². The van der Waals surface area contributed by atoms with Gasteiger partial charge in [0.2, 0.25) is 0 Å². The summed E-state index contributed by atoms with van der Waals surface area (Å²) in [4.78, 5) is 4.11. The number of nitrogens with one attached hydrogen (secondary N) is 1. The quantitative estimate of drug-likeness (QED) is 0.888. The molecular weight excluding hydrogens is 232 g/mol. The maximum Gasteiger partial charge on any atom is 0.0295 e. The molecule has 0 spiro atoms. The van der Waals surface area contributed by atoms with Crippen molar-refractivity contribution in [2.75, 3.05) is 0 Å². The Morgan fingerprint density at radius 2 is 1.95 bits per heavy atom. The summed E-state index contributed by atoms with van der Waals surface area (Å²) < 4.78 is 0. The van der Waals surface area contributed by atoms with Crippen LogP contribution in [0.3, 0.4) is 0 Å². The van der Waals surface area contributed by atoms with Gasteiger partial charge >= 0.3 is 0 Å². The maximum absolute atomic E-state index is 4.11. The van der Waals surface area contributed by atoms with E-state index >= 15 is 0 Å². The predicted octanol–water partition coefficient (Wildman–Crippen LogP) is 3.95. The maximum atomic E-state index is 4.11. The minimum atomic E-state index is 0.406. The van der Waals surface area contributed by atoms with E-state index in [0.29, 0.717) is 22.9 Å². The van der Waals surface area contributed by atoms with Crippen LogP contribution in [0.2, 0.25) is 0 Å². The Morgan fingerprint density at radius 3 is 2.53 bits per heavy atom. The number of aromatic nitrogens is 1. The third kappa shape index (κ3) is 2.01. The van der Waals surface area contributed by atoms with Crippen molar-refractivity contribution in [2.45, 2.75) is 59.0 Å². The van der Waals surface area contributed by atoms with Gasteiger partial charge in [0.1, 0.15) is 0 Å². The van der Waals surface area contributed by atoms with Crippen LogP contribution in [0.25, 0.3) is 0 Å². The molecule has 1 aromatic rings. The minimum Gasteiger partial charge on any atom is -0.306 e. The van der Waals surface area contributed by atoms with Crippen LogP contribution in [0.15, 0.2) is 24.5 Å². The van der Waals surface area contributed by atoms with E-state index in [9.17, 15) is 0 Å². The standard InChI is InChI=1S/C17H26N2/c1-12(13-6-9-18-10-7-13)19-15-16(2,3)14-5-8-17(15,4)11-14/h6-7,9-10,12,14-15,19H,5,8,11H2,1-4H3/t12-,14-,15?,17+/m0/s1. The third-order valence-electron chi connectivity index (χ3n) is 5.89. The van der Waals surface area contributed by atoms with Crippen molar-refractivity contribution in [1.29, 1.82) is 0 Å². The summed E-state index contributed by atoms with van der Waals surface area (Å²) in [5, 5.41) is 3.93. The lowest BCUT2D eigenvalue weighted by atomic mass is 9.68. The van der Waals surface area contributed by atoms with E-state index in [1.807, 2.05) is 12.4 Å². The fourth-order valence-electron chi connectivity index (χ4n) is 4.72. The highest BCUT2D eigenvalue weighted by Crippen LogP contribution is 2.62. The van der Waals surface area contributed by atoms with Crippen LogP contribution >= 0.6 is 0 Å². The molecule has 0 radical (unpaired) electrons. The van der Waals surface area contributed by atoms with Crippen LogP contribution in [0.5, 0.6) is 0 Å². The molecule has 0 saturated heterocycles. The Balaban J connectivity index is 1.80. The van der Waals surface area contributed by atoms with E-state index in [-0.39, 0.29) is 0 Å². The fraction of sp³-hybridized carbons (Fsp3) is 0.706. The first kappa shape index (κ1) is 13.1. The number of hydrogen-bond acceptors (Lipinski definition) is 2. The second-order valence-corrected chi connectivity index (χ2v) is 7.52. The van der Waals surface area contributed by atoms with Gasteiger partial charge in [-0.15, -0.1) is 0 Å². The van der Waals surface area contributed by atoms with Gasteiger partial charge in [-0.1, -0.05) is 20.8 Å². The fourth-order valence-corrected chi connectivity index (χ4v) is 4.72. The first-order valence-corrected chi connectivity index (χ1v) is 7.59. The topological polar surface area (TPSA) is 24.9 Å². The van der Waals surface area contributed by atoms with E-state index in [2.05, 4.69) is 50.1 Å². The molecule has 3 rings (SSSR count). The van der Waals surface area contributed by atoms with Crippen molar-refractivity contribution in [3.8, 4) is 0 Å². The van der Waals surface area contributed by atoms with E-state index in [0.717, 1.165) is 5.92 Å². The molecule has 0 aromatic carbocycles. The SMILES string of the molecule is C[C@H](NC1C(C)(C)[C@H]2CC[C@]1(C)C2)c1ccncc1. The molecule has 2 saturated carbocycles. The summed E-state index contributed by atoms with van der Waals surface area (Å²) >= 11 is 0. The lowest BCUT2D eigenvalue weighted by molar-refractivity contribution is 0.100. The number of rotatable bonds is 3. The lowest BCUT2D eigenvalue weighted by Gasteiger charge is -2.44. The van der Waals surface area contributed by atoms with Gasteiger partial charge in [0.25, 0.3) is 0 Å². The summed E-state index contributed by atoms with van der Waals surface area (Å²) in [6.07, 6.45) is 8.00. The van der Waals surface area contributed by atoms with Crippen molar-refractivity contribution >= 4 is 0 Å². The molecule has 2 heteroatoms. The largest absolute Gasteiger partial charge is 0.306 e. The Bertz CT molecular complexity index is 449. The van der Waals surface area contributed by atoms with Gasteiger partial charge in [0, 0.05) is 24.5 Å². The zero-order valence-electron chi connectivity index (χ0n) is 12.6. The Morgan fingerprint density at radius 1 is 1.26 bits per heavy atom. The zero-order valence-corrected chi connectivity index (χ0v) is 12.6. The Labute approximate surface area is 117 Å². The van der Waals surface area contributed by atoms with Crippen LogP contribution in [-0.2, 0) is 0 Å². The number of nitrogens with zero attached hydrogens (tertiary/aromatic N) is 1. The molecule has 19 heavy (non-hydrogen) atoms. The smallest absolute Gasteiger partial charge is 0.0295 e. The van der Waals surface area contributed by atoms with E-state index < -0.39 is 0 Å². The molecule has 2 nitrogen and oxygen atoms in total. The molecular formula is C17H26N2. The number of fused-ring (bicyclic) bond motifs is 2.